The van der Waals surface area contributed by atoms with E-state index in [2.05, 4.69) is 13.8 Å². The van der Waals surface area contributed by atoms with Gasteiger partial charge in [-0.2, -0.15) is 0 Å². The molecule has 0 aromatic heterocycles. The summed E-state index contributed by atoms with van der Waals surface area (Å²) in [6, 6.07) is 0. The van der Waals surface area contributed by atoms with Crippen LogP contribution in [0.15, 0.2) is 0 Å². The summed E-state index contributed by atoms with van der Waals surface area (Å²) in [4.78, 5) is 0. The Balaban J connectivity index is 4.19. The van der Waals surface area contributed by atoms with Crippen molar-refractivity contribution >= 4 is 0 Å². The van der Waals surface area contributed by atoms with Crippen LogP contribution < -0.4 is 0 Å². The van der Waals surface area contributed by atoms with Gasteiger partial charge in [-0.25, -0.2) is 4.39 Å². The highest BCUT2D eigenvalue weighted by Crippen LogP contribution is 2.34. The number of halogens is 1. The van der Waals surface area contributed by atoms with Crippen molar-refractivity contribution in [2.75, 3.05) is 0 Å². The van der Waals surface area contributed by atoms with Gasteiger partial charge >= 0.3 is 0 Å². The van der Waals surface area contributed by atoms with Gasteiger partial charge in [-0.15, -0.1) is 0 Å². The first-order valence-electron chi connectivity index (χ1n) is 4.83. The van der Waals surface area contributed by atoms with Crippen molar-refractivity contribution in [3.8, 4) is 0 Å². The van der Waals surface area contributed by atoms with Crippen LogP contribution in [0.2, 0.25) is 0 Å². The summed E-state index contributed by atoms with van der Waals surface area (Å²) in [7, 11) is 0. The van der Waals surface area contributed by atoms with E-state index in [-0.39, 0.29) is 5.92 Å². The zero-order chi connectivity index (χ0) is 8.91. The zero-order valence-corrected chi connectivity index (χ0v) is 8.28. The minimum Gasteiger partial charge on any atom is -0.244 e. The Labute approximate surface area is 70.2 Å². The Kier molecular flexibility index (Phi) is 4.71. The second kappa shape index (κ2) is 4.74. The molecule has 1 heteroatoms. The van der Waals surface area contributed by atoms with E-state index in [1.54, 1.807) is 0 Å². The van der Waals surface area contributed by atoms with E-state index in [4.69, 9.17) is 0 Å². The van der Waals surface area contributed by atoms with Gasteiger partial charge in [0.2, 0.25) is 0 Å². The summed E-state index contributed by atoms with van der Waals surface area (Å²) in [6.07, 6.45) is 3.26. The molecule has 0 saturated carbocycles. The van der Waals surface area contributed by atoms with Crippen molar-refractivity contribution in [2.45, 2.75) is 59.0 Å². The predicted octanol–water partition coefficient (Wildman–Crippen LogP) is 3.95. The molecule has 0 radical (unpaired) electrons. The largest absolute Gasteiger partial charge is 0.244 e. The van der Waals surface area contributed by atoms with Gasteiger partial charge in [0.15, 0.2) is 0 Å². The Morgan fingerprint density at radius 2 is 1.36 bits per heavy atom. The molecular formula is C10H21F. The van der Waals surface area contributed by atoms with E-state index in [0.29, 0.717) is 12.8 Å². The SMILES string of the molecule is CCC(CC)C(F)(CC)CC. The molecule has 0 heterocycles. The van der Waals surface area contributed by atoms with Crippen LogP contribution in [0.3, 0.4) is 0 Å². The molecule has 0 fully saturated rings. The van der Waals surface area contributed by atoms with Crippen molar-refractivity contribution in [3.63, 3.8) is 0 Å². The molecule has 0 aliphatic rings. The highest BCUT2D eigenvalue weighted by atomic mass is 19.1. The minimum atomic E-state index is -0.899. The lowest BCUT2D eigenvalue weighted by Crippen LogP contribution is -2.30. The van der Waals surface area contributed by atoms with Gasteiger partial charge in [-0.3, -0.25) is 0 Å². The summed E-state index contributed by atoms with van der Waals surface area (Å²) in [5.74, 6) is 0.262. The van der Waals surface area contributed by atoms with Gasteiger partial charge in [-0.1, -0.05) is 40.5 Å². The fourth-order valence-corrected chi connectivity index (χ4v) is 1.85. The molecule has 0 nitrogen and oxygen atoms in total. The van der Waals surface area contributed by atoms with Crippen molar-refractivity contribution in [1.82, 2.24) is 0 Å². The molecular weight excluding hydrogens is 139 g/mol. The van der Waals surface area contributed by atoms with E-state index >= 15 is 0 Å². The van der Waals surface area contributed by atoms with Gasteiger partial charge < -0.3 is 0 Å². The third-order valence-electron chi connectivity index (χ3n) is 2.89. The summed E-state index contributed by atoms with van der Waals surface area (Å²) < 4.78 is 13.9. The molecule has 68 valence electrons. The van der Waals surface area contributed by atoms with Gasteiger partial charge in [0.05, 0.1) is 0 Å². The fraction of sp³-hybridized carbons (Fsp3) is 1.00. The third kappa shape index (κ3) is 2.46. The lowest BCUT2D eigenvalue weighted by Gasteiger charge is -2.30. The number of hydrogen-bond acceptors (Lipinski definition) is 0. The average molecular weight is 160 g/mol. The molecule has 0 saturated heterocycles. The summed E-state index contributed by atoms with van der Waals surface area (Å²) in [6.45, 7) is 8.05. The van der Waals surface area contributed by atoms with E-state index in [0.717, 1.165) is 12.8 Å². The highest BCUT2D eigenvalue weighted by Gasteiger charge is 2.32. The van der Waals surface area contributed by atoms with Crippen LogP contribution in [0.1, 0.15) is 53.4 Å². The second-order valence-corrected chi connectivity index (χ2v) is 3.26. The molecule has 0 rings (SSSR count). The van der Waals surface area contributed by atoms with Crippen LogP contribution in [0.4, 0.5) is 4.39 Å². The van der Waals surface area contributed by atoms with E-state index in [9.17, 15) is 4.39 Å². The van der Waals surface area contributed by atoms with Crippen LogP contribution in [-0.2, 0) is 0 Å². The summed E-state index contributed by atoms with van der Waals surface area (Å²) in [5.41, 5.74) is -0.899. The first-order valence-corrected chi connectivity index (χ1v) is 4.83. The molecule has 0 amide bonds. The molecule has 0 aromatic carbocycles. The highest BCUT2D eigenvalue weighted by molar-refractivity contribution is 4.82. The molecule has 0 aromatic rings. The number of hydrogen-bond donors (Lipinski definition) is 0. The maximum Gasteiger partial charge on any atom is 0.113 e. The number of rotatable bonds is 5. The first-order chi connectivity index (χ1) is 5.14. The molecule has 11 heavy (non-hydrogen) atoms. The lowest BCUT2D eigenvalue weighted by atomic mass is 9.81. The average Bonchev–Trinajstić information content (AvgIpc) is 2.06. The van der Waals surface area contributed by atoms with Crippen molar-refractivity contribution in [2.24, 2.45) is 5.92 Å². The predicted molar refractivity (Wildman–Crippen MR) is 48.5 cm³/mol. The van der Waals surface area contributed by atoms with Crippen molar-refractivity contribution < 1.29 is 4.39 Å². The molecule has 0 bridgehead atoms. The third-order valence-corrected chi connectivity index (χ3v) is 2.89. The Morgan fingerprint density at radius 1 is 1.00 bits per heavy atom. The van der Waals surface area contributed by atoms with Gasteiger partial charge in [0, 0.05) is 0 Å². The fourth-order valence-electron chi connectivity index (χ4n) is 1.85. The molecule has 0 N–H and O–H groups in total. The summed E-state index contributed by atoms with van der Waals surface area (Å²) >= 11 is 0. The van der Waals surface area contributed by atoms with Gasteiger partial charge in [0.25, 0.3) is 0 Å². The Morgan fingerprint density at radius 3 is 1.45 bits per heavy atom. The van der Waals surface area contributed by atoms with Crippen LogP contribution in [0, 0.1) is 5.92 Å². The Hall–Kier alpha value is -0.0700. The van der Waals surface area contributed by atoms with Crippen LogP contribution in [0.5, 0.6) is 0 Å². The number of alkyl halides is 1. The smallest absolute Gasteiger partial charge is 0.113 e. The van der Waals surface area contributed by atoms with E-state index in [1.807, 2.05) is 13.8 Å². The van der Waals surface area contributed by atoms with Crippen molar-refractivity contribution in [3.05, 3.63) is 0 Å². The van der Waals surface area contributed by atoms with Crippen LogP contribution in [-0.4, -0.2) is 5.67 Å². The molecule has 0 aliphatic heterocycles. The molecule has 0 spiro atoms. The quantitative estimate of drug-likeness (QED) is 0.571. The first kappa shape index (κ1) is 10.9. The van der Waals surface area contributed by atoms with Gasteiger partial charge in [0.1, 0.15) is 5.67 Å². The summed E-state index contributed by atoms with van der Waals surface area (Å²) in [5, 5.41) is 0. The second-order valence-electron chi connectivity index (χ2n) is 3.26. The lowest BCUT2D eigenvalue weighted by molar-refractivity contribution is 0.0655. The zero-order valence-electron chi connectivity index (χ0n) is 8.28. The standard InChI is InChI=1S/C10H21F/c1-5-9(6-2)10(11,7-3)8-4/h9H,5-8H2,1-4H3. The normalized spacial score (nSPS) is 12.5. The molecule has 0 unspecified atom stereocenters. The van der Waals surface area contributed by atoms with E-state index < -0.39 is 5.67 Å². The maximum atomic E-state index is 13.9. The van der Waals surface area contributed by atoms with Crippen LogP contribution in [0.25, 0.3) is 0 Å². The molecule has 0 aliphatic carbocycles. The minimum absolute atomic E-state index is 0.262. The van der Waals surface area contributed by atoms with E-state index in [1.165, 1.54) is 0 Å². The Bertz CT molecular complexity index is 91.0. The molecule has 0 atom stereocenters. The topological polar surface area (TPSA) is 0 Å². The van der Waals surface area contributed by atoms with Crippen LogP contribution >= 0.6 is 0 Å². The monoisotopic (exact) mass is 160 g/mol. The maximum absolute atomic E-state index is 13.9. The van der Waals surface area contributed by atoms with Crippen molar-refractivity contribution in [1.29, 1.82) is 0 Å². The van der Waals surface area contributed by atoms with Gasteiger partial charge in [-0.05, 0) is 18.8 Å².